The van der Waals surface area contributed by atoms with Gasteiger partial charge in [0.15, 0.2) is 11.6 Å². The van der Waals surface area contributed by atoms with E-state index >= 15 is 0 Å². The number of rotatable bonds is 2. The van der Waals surface area contributed by atoms with Crippen molar-refractivity contribution in [2.75, 3.05) is 5.73 Å². The van der Waals surface area contributed by atoms with Gasteiger partial charge in [-0.05, 0) is 44.0 Å². The maximum atomic E-state index is 5.90. The second-order valence-corrected chi connectivity index (χ2v) is 6.97. The van der Waals surface area contributed by atoms with E-state index in [9.17, 15) is 0 Å². The van der Waals surface area contributed by atoms with Crippen molar-refractivity contribution in [2.24, 2.45) is 0 Å². The van der Waals surface area contributed by atoms with Crippen LogP contribution in [0.4, 0.5) is 5.82 Å². The van der Waals surface area contributed by atoms with Gasteiger partial charge in [-0.3, -0.25) is 4.98 Å². The Morgan fingerprint density at radius 1 is 1.32 bits per heavy atom. The van der Waals surface area contributed by atoms with Gasteiger partial charge >= 0.3 is 0 Å². The number of hydrogen-bond acceptors (Lipinski definition) is 5. The summed E-state index contributed by atoms with van der Waals surface area (Å²) in [5.74, 6) is 1.02. The molecular weight excluding hydrogens is 394 g/mol. The molecule has 0 aromatic carbocycles. The zero-order chi connectivity index (χ0) is 13.4. The molecule has 0 radical (unpaired) electrons. The molecule has 3 aromatic heterocycles. The van der Waals surface area contributed by atoms with Crippen molar-refractivity contribution in [3.05, 3.63) is 38.9 Å². The van der Waals surface area contributed by atoms with E-state index in [1.807, 2.05) is 18.2 Å². The molecule has 0 aliphatic heterocycles. The first kappa shape index (κ1) is 12.8. The lowest BCUT2D eigenvalue weighted by Gasteiger charge is -1.99. The molecule has 0 saturated heterocycles. The van der Waals surface area contributed by atoms with Crippen molar-refractivity contribution in [3.8, 4) is 21.8 Å². The molecule has 19 heavy (non-hydrogen) atoms. The molecule has 0 bridgehead atoms. The molecule has 0 aliphatic carbocycles. The Hall–Kier alpha value is -1.18. The predicted octanol–water partition coefficient (Wildman–Crippen LogP) is 4.57. The maximum Gasteiger partial charge on any atom is 0.186 e. The lowest BCUT2D eigenvalue weighted by molar-refractivity contribution is 0.437. The fourth-order valence-electron chi connectivity index (χ4n) is 1.72. The molecule has 0 spiro atoms. The van der Waals surface area contributed by atoms with Gasteiger partial charge < -0.3 is 10.3 Å². The van der Waals surface area contributed by atoms with Crippen LogP contribution in [0.25, 0.3) is 21.8 Å². The third-order valence-electron chi connectivity index (χ3n) is 2.54. The highest BCUT2D eigenvalue weighted by atomic mass is 79.9. The van der Waals surface area contributed by atoms with Crippen LogP contribution in [0.1, 0.15) is 0 Å². The lowest BCUT2D eigenvalue weighted by atomic mass is 10.1. The molecule has 0 unspecified atom stereocenters. The van der Waals surface area contributed by atoms with E-state index in [1.165, 1.54) is 0 Å². The maximum absolute atomic E-state index is 5.90. The third-order valence-corrected chi connectivity index (χ3v) is 5.79. The van der Waals surface area contributed by atoms with Crippen molar-refractivity contribution < 1.29 is 4.52 Å². The summed E-state index contributed by atoms with van der Waals surface area (Å²) in [6, 6.07) is 5.75. The molecule has 3 rings (SSSR count). The monoisotopic (exact) mass is 399 g/mol. The number of nitrogens with zero attached hydrogens (tertiary/aromatic N) is 2. The van der Waals surface area contributed by atoms with E-state index in [-0.39, 0.29) is 0 Å². The summed E-state index contributed by atoms with van der Waals surface area (Å²) in [6.45, 7) is 0. The molecule has 2 N–H and O–H groups in total. The van der Waals surface area contributed by atoms with E-state index < -0.39 is 0 Å². The number of nitrogens with two attached hydrogens (primary N) is 1. The van der Waals surface area contributed by atoms with Crippen molar-refractivity contribution in [3.63, 3.8) is 0 Å². The highest BCUT2D eigenvalue weighted by molar-refractivity contribution is 9.13. The van der Waals surface area contributed by atoms with Crippen LogP contribution in [0.5, 0.6) is 0 Å². The Labute approximate surface area is 129 Å². The summed E-state index contributed by atoms with van der Waals surface area (Å²) in [5, 5.41) is 3.86. The molecular formula is C12H7Br2N3OS. The fourth-order valence-corrected chi connectivity index (χ4v) is 3.74. The topological polar surface area (TPSA) is 64.9 Å². The second kappa shape index (κ2) is 5.07. The smallest absolute Gasteiger partial charge is 0.186 e. The van der Waals surface area contributed by atoms with Crippen LogP contribution in [-0.2, 0) is 0 Å². The van der Waals surface area contributed by atoms with Crippen LogP contribution in [0.2, 0.25) is 0 Å². The molecule has 0 aliphatic rings. The third kappa shape index (κ3) is 2.33. The number of nitrogen functional groups attached to an aromatic ring is 1. The number of pyridine rings is 1. The van der Waals surface area contributed by atoms with Crippen LogP contribution in [0.3, 0.4) is 0 Å². The molecule has 3 heterocycles. The first-order valence-electron chi connectivity index (χ1n) is 5.27. The van der Waals surface area contributed by atoms with E-state index in [0.717, 1.165) is 24.3 Å². The van der Waals surface area contributed by atoms with Gasteiger partial charge in [-0.1, -0.05) is 11.2 Å². The van der Waals surface area contributed by atoms with Gasteiger partial charge in [-0.15, -0.1) is 11.3 Å². The van der Waals surface area contributed by atoms with Crippen molar-refractivity contribution in [1.82, 2.24) is 10.1 Å². The Kier molecular flexibility index (Phi) is 3.42. The summed E-state index contributed by atoms with van der Waals surface area (Å²) in [5.41, 5.74) is 7.56. The van der Waals surface area contributed by atoms with E-state index in [4.69, 9.17) is 10.3 Å². The average molecular weight is 401 g/mol. The number of halogens is 2. The average Bonchev–Trinajstić information content (AvgIpc) is 2.95. The van der Waals surface area contributed by atoms with Gasteiger partial charge in [0.05, 0.1) is 14.2 Å². The zero-order valence-corrected chi connectivity index (χ0v) is 13.4. The number of thiophene rings is 1. The van der Waals surface area contributed by atoms with Gasteiger partial charge in [0.25, 0.3) is 0 Å². The Bertz CT molecular complexity index is 704. The normalized spacial score (nSPS) is 10.8. The molecule has 96 valence electrons. The summed E-state index contributed by atoms with van der Waals surface area (Å²) in [7, 11) is 0. The standard InChI is InChI=1S/C12H7Br2N3OS/c13-7-4-8(19-11(7)14)10-9(12(15)17-18-10)6-2-1-3-16-5-6/h1-5H,(H2,15,17). The van der Waals surface area contributed by atoms with Crippen LogP contribution in [0, 0.1) is 0 Å². The van der Waals surface area contributed by atoms with Crippen LogP contribution in [0.15, 0.2) is 43.4 Å². The van der Waals surface area contributed by atoms with Gasteiger partial charge in [0, 0.05) is 22.4 Å². The summed E-state index contributed by atoms with van der Waals surface area (Å²) in [6.07, 6.45) is 3.45. The van der Waals surface area contributed by atoms with E-state index in [0.29, 0.717) is 11.6 Å². The minimum Gasteiger partial charge on any atom is -0.380 e. The molecule has 0 amide bonds. The SMILES string of the molecule is Nc1noc(-c2cc(Br)c(Br)s2)c1-c1cccnc1. The van der Waals surface area contributed by atoms with Crippen molar-refractivity contribution >= 4 is 49.0 Å². The minimum atomic E-state index is 0.364. The summed E-state index contributed by atoms with van der Waals surface area (Å²) < 4.78 is 7.34. The number of anilines is 1. The first-order valence-corrected chi connectivity index (χ1v) is 7.68. The van der Waals surface area contributed by atoms with Crippen molar-refractivity contribution in [2.45, 2.75) is 0 Å². The number of hydrogen-bond donors (Lipinski definition) is 1. The van der Waals surface area contributed by atoms with Gasteiger partial charge in [0.2, 0.25) is 0 Å². The largest absolute Gasteiger partial charge is 0.380 e. The molecule has 3 aromatic rings. The van der Waals surface area contributed by atoms with Crippen LogP contribution in [-0.4, -0.2) is 10.1 Å². The van der Waals surface area contributed by atoms with E-state index in [1.54, 1.807) is 23.7 Å². The number of aromatic nitrogens is 2. The van der Waals surface area contributed by atoms with Crippen molar-refractivity contribution in [1.29, 1.82) is 0 Å². The molecule has 4 nitrogen and oxygen atoms in total. The lowest BCUT2D eigenvalue weighted by Crippen LogP contribution is -1.88. The quantitative estimate of drug-likeness (QED) is 0.684. The van der Waals surface area contributed by atoms with E-state index in [2.05, 4.69) is 42.0 Å². The van der Waals surface area contributed by atoms with Crippen LogP contribution < -0.4 is 5.73 Å². The minimum absolute atomic E-state index is 0.364. The Balaban J connectivity index is 2.19. The summed E-state index contributed by atoms with van der Waals surface area (Å²) in [4.78, 5) is 5.05. The zero-order valence-electron chi connectivity index (χ0n) is 9.43. The van der Waals surface area contributed by atoms with Gasteiger partial charge in [0.1, 0.15) is 0 Å². The molecule has 0 fully saturated rings. The predicted molar refractivity (Wildman–Crippen MR) is 82.9 cm³/mol. The molecule has 7 heteroatoms. The van der Waals surface area contributed by atoms with Gasteiger partial charge in [-0.25, -0.2) is 0 Å². The highest BCUT2D eigenvalue weighted by Gasteiger charge is 2.20. The fraction of sp³-hybridized carbons (Fsp3) is 0. The highest BCUT2D eigenvalue weighted by Crippen LogP contribution is 2.43. The second-order valence-electron chi connectivity index (χ2n) is 3.75. The summed E-state index contributed by atoms with van der Waals surface area (Å²) >= 11 is 8.48. The first-order chi connectivity index (χ1) is 9.16. The van der Waals surface area contributed by atoms with Gasteiger partial charge in [-0.2, -0.15) is 0 Å². The Morgan fingerprint density at radius 2 is 2.16 bits per heavy atom. The molecule has 0 saturated carbocycles. The Morgan fingerprint density at radius 3 is 2.79 bits per heavy atom. The van der Waals surface area contributed by atoms with Crippen LogP contribution >= 0.6 is 43.2 Å². The molecule has 0 atom stereocenters.